The standard InChI is InChI=1S/C37H23N3/c1-2-9-24(10-3-1)33-23-34(29-14-5-4-13-28(29)32-15-6-7-22-38-32)40-37(39-33)31-21-19-27-17-16-25-11-8-12-26-18-20-30(31)36(27)35(25)26/h1-23H. The van der Waals surface area contributed by atoms with E-state index >= 15 is 0 Å². The Morgan fingerprint density at radius 1 is 0.400 bits per heavy atom. The van der Waals surface area contributed by atoms with Crippen LogP contribution in [-0.2, 0) is 0 Å². The monoisotopic (exact) mass is 509 g/mol. The SMILES string of the molecule is c1ccc(-c2cc(-c3ccccc3-c3ccccn3)nc(-c3ccc4ccc5cccc6ccc3c4c56)n2)cc1. The molecule has 0 aliphatic rings. The van der Waals surface area contributed by atoms with Crippen LogP contribution in [0.25, 0.3) is 77.5 Å². The molecule has 0 unspecified atom stereocenters. The molecule has 8 rings (SSSR count). The van der Waals surface area contributed by atoms with Crippen LogP contribution in [0.15, 0.2) is 140 Å². The normalized spacial score (nSPS) is 11.5. The van der Waals surface area contributed by atoms with Crippen molar-refractivity contribution < 1.29 is 0 Å². The quantitative estimate of drug-likeness (QED) is 0.222. The maximum atomic E-state index is 5.23. The first-order valence-electron chi connectivity index (χ1n) is 13.5. The second-order valence-corrected chi connectivity index (χ2v) is 10.1. The zero-order valence-electron chi connectivity index (χ0n) is 21.6. The van der Waals surface area contributed by atoms with Crippen molar-refractivity contribution >= 4 is 32.3 Å². The Balaban J connectivity index is 1.42. The lowest BCUT2D eigenvalue weighted by Gasteiger charge is -2.15. The Kier molecular flexibility index (Phi) is 5.14. The summed E-state index contributed by atoms with van der Waals surface area (Å²) >= 11 is 0. The molecule has 3 heteroatoms. The lowest BCUT2D eigenvalue weighted by molar-refractivity contribution is 1.19. The summed E-state index contributed by atoms with van der Waals surface area (Å²) < 4.78 is 0. The number of rotatable bonds is 4. The predicted octanol–water partition coefficient (Wildman–Crippen LogP) is 9.44. The lowest BCUT2D eigenvalue weighted by Crippen LogP contribution is -1.98. The minimum absolute atomic E-state index is 0.713. The van der Waals surface area contributed by atoms with Crippen molar-refractivity contribution in [2.75, 3.05) is 0 Å². The van der Waals surface area contributed by atoms with Gasteiger partial charge in [-0.2, -0.15) is 0 Å². The minimum atomic E-state index is 0.713. The second-order valence-electron chi connectivity index (χ2n) is 10.1. The third-order valence-electron chi connectivity index (χ3n) is 7.71. The van der Waals surface area contributed by atoms with Crippen LogP contribution < -0.4 is 0 Å². The molecule has 0 aliphatic heterocycles. The summed E-state index contributed by atoms with van der Waals surface area (Å²) in [4.78, 5) is 15.0. The van der Waals surface area contributed by atoms with E-state index in [1.807, 2.05) is 30.5 Å². The molecule has 3 nitrogen and oxygen atoms in total. The van der Waals surface area contributed by atoms with E-state index in [9.17, 15) is 0 Å². The van der Waals surface area contributed by atoms with E-state index in [4.69, 9.17) is 9.97 Å². The fourth-order valence-electron chi connectivity index (χ4n) is 5.84. The van der Waals surface area contributed by atoms with E-state index in [0.717, 1.165) is 44.7 Å². The summed E-state index contributed by atoms with van der Waals surface area (Å²) in [5, 5.41) is 7.43. The van der Waals surface area contributed by atoms with Crippen molar-refractivity contribution in [3.05, 3.63) is 140 Å². The van der Waals surface area contributed by atoms with E-state index in [-0.39, 0.29) is 0 Å². The smallest absolute Gasteiger partial charge is 0.161 e. The molecule has 0 saturated heterocycles. The Bertz CT molecular complexity index is 2140. The van der Waals surface area contributed by atoms with Crippen molar-refractivity contribution in [1.82, 2.24) is 15.0 Å². The third kappa shape index (κ3) is 3.63. The maximum absolute atomic E-state index is 5.23. The van der Waals surface area contributed by atoms with Gasteiger partial charge < -0.3 is 0 Å². The molecule has 186 valence electrons. The molecule has 2 heterocycles. The van der Waals surface area contributed by atoms with Gasteiger partial charge in [0.1, 0.15) is 0 Å². The van der Waals surface area contributed by atoms with Crippen LogP contribution in [0, 0.1) is 0 Å². The molecule has 0 spiro atoms. The zero-order chi connectivity index (χ0) is 26.5. The number of benzene rings is 6. The van der Waals surface area contributed by atoms with Gasteiger partial charge in [0.25, 0.3) is 0 Å². The maximum Gasteiger partial charge on any atom is 0.161 e. The highest BCUT2D eigenvalue weighted by Gasteiger charge is 2.17. The van der Waals surface area contributed by atoms with Crippen molar-refractivity contribution in [2.45, 2.75) is 0 Å². The molecule has 0 bridgehead atoms. The van der Waals surface area contributed by atoms with Crippen LogP contribution in [-0.4, -0.2) is 15.0 Å². The molecule has 0 radical (unpaired) electrons. The van der Waals surface area contributed by atoms with Gasteiger partial charge in [-0.15, -0.1) is 0 Å². The van der Waals surface area contributed by atoms with Crippen molar-refractivity contribution in [1.29, 1.82) is 0 Å². The molecule has 0 aliphatic carbocycles. The molecule has 0 atom stereocenters. The number of hydrogen-bond acceptors (Lipinski definition) is 3. The van der Waals surface area contributed by atoms with Crippen LogP contribution >= 0.6 is 0 Å². The molecule has 6 aromatic carbocycles. The van der Waals surface area contributed by atoms with Gasteiger partial charge in [0.2, 0.25) is 0 Å². The van der Waals surface area contributed by atoms with E-state index < -0.39 is 0 Å². The lowest BCUT2D eigenvalue weighted by atomic mass is 9.91. The first kappa shape index (κ1) is 22.6. The van der Waals surface area contributed by atoms with E-state index in [0.29, 0.717) is 5.82 Å². The van der Waals surface area contributed by atoms with Crippen molar-refractivity contribution in [3.63, 3.8) is 0 Å². The average Bonchev–Trinajstić information content (AvgIpc) is 3.04. The van der Waals surface area contributed by atoms with Gasteiger partial charge in [-0.3, -0.25) is 4.98 Å². The highest BCUT2D eigenvalue weighted by molar-refractivity contribution is 6.25. The van der Waals surface area contributed by atoms with Crippen molar-refractivity contribution in [2.24, 2.45) is 0 Å². The third-order valence-corrected chi connectivity index (χ3v) is 7.71. The summed E-state index contributed by atoms with van der Waals surface area (Å²) in [5.74, 6) is 0.713. The highest BCUT2D eigenvalue weighted by atomic mass is 14.9. The second kappa shape index (κ2) is 9.11. The summed E-state index contributed by atoms with van der Waals surface area (Å²) in [6.07, 6.45) is 1.83. The summed E-state index contributed by atoms with van der Waals surface area (Å²) in [7, 11) is 0. The number of pyridine rings is 1. The van der Waals surface area contributed by atoms with Crippen LogP contribution in [0.2, 0.25) is 0 Å². The Hall–Kier alpha value is -5.41. The van der Waals surface area contributed by atoms with Gasteiger partial charge in [-0.1, -0.05) is 109 Å². The molecule has 0 N–H and O–H groups in total. The topological polar surface area (TPSA) is 38.7 Å². The van der Waals surface area contributed by atoms with Crippen molar-refractivity contribution in [3.8, 4) is 45.2 Å². The van der Waals surface area contributed by atoms with Crippen LogP contribution in [0.5, 0.6) is 0 Å². The summed E-state index contributed by atoms with van der Waals surface area (Å²) in [6.45, 7) is 0. The van der Waals surface area contributed by atoms with Crippen LogP contribution in [0.1, 0.15) is 0 Å². The summed E-state index contributed by atoms with van der Waals surface area (Å²) in [5.41, 5.74) is 6.84. The first-order valence-corrected chi connectivity index (χ1v) is 13.5. The Labute approximate surface area is 231 Å². The number of hydrogen-bond donors (Lipinski definition) is 0. The fraction of sp³-hybridized carbons (Fsp3) is 0. The highest BCUT2D eigenvalue weighted by Crippen LogP contribution is 2.40. The van der Waals surface area contributed by atoms with Gasteiger partial charge >= 0.3 is 0 Å². The number of aromatic nitrogens is 3. The average molecular weight is 510 g/mol. The zero-order valence-corrected chi connectivity index (χ0v) is 21.6. The molecule has 40 heavy (non-hydrogen) atoms. The molecular weight excluding hydrogens is 486 g/mol. The van der Waals surface area contributed by atoms with Gasteiger partial charge in [0.15, 0.2) is 5.82 Å². The molecule has 0 fully saturated rings. The van der Waals surface area contributed by atoms with Crippen LogP contribution in [0.3, 0.4) is 0 Å². The van der Waals surface area contributed by atoms with Gasteiger partial charge in [0, 0.05) is 28.5 Å². The van der Waals surface area contributed by atoms with Crippen LogP contribution in [0.4, 0.5) is 0 Å². The van der Waals surface area contributed by atoms with E-state index in [2.05, 4.69) is 114 Å². The van der Waals surface area contributed by atoms with Gasteiger partial charge in [-0.05, 0) is 56.6 Å². The Morgan fingerprint density at radius 3 is 1.82 bits per heavy atom. The molecule has 0 saturated carbocycles. The minimum Gasteiger partial charge on any atom is -0.256 e. The van der Waals surface area contributed by atoms with E-state index in [1.54, 1.807) is 0 Å². The summed E-state index contributed by atoms with van der Waals surface area (Å²) in [6, 6.07) is 46.5. The molecule has 8 aromatic rings. The van der Waals surface area contributed by atoms with Gasteiger partial charge in [0.05, 0.1) is 17.1 Å². The molecule has 2 aromatic heterocycles. The van der Waals surface area contributed by atoms with E-state index in [1.165, 1.54) is 26.9 Å². The molecular formula is C37H23N3. The van der Waals surface area contributed by atoms with Gasteiger partial charge in [-0.25, -0.2) is 9.97 Å². The Morgan fingerprint density at radius 2 is 1.05 bits per heavy atom. The molecule has 0 amide bonds. The first-order chi connectivity index (χ1) is 19.8. The number of nitrogens with zero attached hydrogens (tertiary/aromatic N) is 3. The largest absolute Gasteiger partial charge is 0.256 e. The predicted molar refractivity (Wildman–Crippen MR) is 165 cm³/mol. The fourth-order valence-corrected chi connectivity index (χ4v) is 5.84.